The number of likely N-dealkylation sites (tertiary alicyclic amines) is 1. The third-order valence-corrected chi connectivity index (χ3v) is 4.22. The fourth-order valence-electron chi connectivity index (χ4n) is 3.14. The van der Waals surface area contributed by atoms with Crippen LogP contribution in [0, 0.1) is 12.3 Å². The Labute approximate surface area is 154 Å². The number of nitrogens with one attached hydrogen (secondary N) is 2. The van der Waals surface area contributed by atoms with Gasteiger partial charge in [-0.1, -0.05) is 24.1 Å². The third kappa shape index (κ3) is 4.65. The predicted molar refractivity (Wildman–Crippen MR) is 98.6 cm³/mol. The van der Waals surface area contributed by atoms with Gasteiger partial charge in [0.05, 0.1) is 19.7 Å². The summed E-state index contributed by atoms with van der Waals surface area (Å²) in [5.74, 6) is 2.71. The number of amides is 2. The molecule has 136 valence electrons. The average molecular weight is 366 g/mol. The highest BCUT2D eigenvalue weighted by Gasteiger charge is 2.40. The van der Waals surface area contributed by atoms with Crippen molar-refractivity contribution >= 4 is 24.2 Å². The first-order valence-corrected chi connectivity index (χ1v) is 7.95. The molecule has 25 heavy (non-hydrogen) atoms. The van der Waals surface area contributed by atoms with Crippen molar-refractivity contribution in [3.05, 3.63) is 29.8 Å². The maximum Gasteiger partial charge on any atom is 0.241 e. The van der Waals surface area contributed by atoms with Crippen LogP contribution in [0.25, 0.3) is 0 Å². The van der Waals surface area contributed by atoms with Crippen LogP contribution in [0.1, 0.15) is 24.4 Å². The van der Waals surface area contributed by atoms with Gasteiger partial charge in [-0.3, -0.25) is 14.5 Å². The molecule has 1 aliphatic rings. The molecule has 2 N–H and O–H groups in total. The van der Waals surface area contributed by atoms with E-state index in [1.807, 2.05) is 29.2 Å². The molecule has 0 aromatic heterocycles. The highest BCUT2D eigenvalue weighted by atomic mass is 35.5. The van der Waals surface area contributed by atoms with E-state index in [4.69, 9.17) is 11.2 Å². The topological polar surface area (TPSA) is 70.7 Å². The van der Waals surface area contributed by atoms with Gasteiger partial charge in [0.1, 0.15) is 11.8 Å². The van der Waals surface area contributed by atoms with Crippen molar-refractivity contribution in [1.29, 1.82) is 0 Å². The lowest BCUT2D eigenvalue weighted by atomic mass is 10.0. The van der Waals surface area contributed by atoms with E-state index in [1.54, 1.807) is 14.2 Å². The number of para-hydroxylation sites is 1. The Balaban J connectivity index is 0.00000312. The van der Waals surface area contributed by atoms with Gasteiger partial charge >= 0.3 is 0 Å². The molecule has 1 aromatic carbocycles. The summed E-state index contributed by atoms with van der Waals surface area (Å²) in [4.78, 5) is 26.9. The number of hydrogen-bond acceptors (Lipinski definition) is 4. The third-order valence-electron chi connectivity index (χ3n) is 4.22. The summed E-state index contributed by atoms with van der Waals surface area (Å²) in [6, 6.07) is 6.41. The number of halogens is 1. The lowest BCUT2D eigenvalue weighted by molar-refractivity contribution is -0.131. The molecule has 0 spiro atoms. The maximum absolute atomic E-state index is 12.6. The molecule has 0 aliphatic carbocycles. The number of terminal acetylenes is 1. The highest BCUT2D eigenvalue weighted by Crippen LogP contribution is 2.34. The van der Waals surface area contributed by atoms with Crippen LogP contribution in [0.4, 0.5) is 0 Å². The lowest BCUT2D eigenvalue weighted by Crippen LogP contribution is -2.48. The smallest absolute Gasteiger partial charge is 0.241 e. The molecule has 2 amide bonds. The number of methoxy groups -OCH3 is 1. The monoisotopic (exact) mass is 365 g/mol. The molecule has 2 atom stereocenters. The summed E-state index contributed by atoms with van der Waals surface area (Å²) in [6.45, 7) is 0.840. The molecular weight excluding hydrogens is 342 g/mol. The van der Waals surface area contributed by atoms with Crippen LogP contribution < -0.4 is 15.4 Å². The van der Waals surface area contributed by atoms with E-state index in [0.29, 0.717) is 18.7 Å². The van der Waals surface area contributed by atoms with E-state index in [2.05, 4.69) is 16.6 Å². The van der Waals surface area contributed by atoms with E-state index in [-0.39, 0.29) is 36.8 Å². The summed E-state index contributed by atoms with van der Waals surface area (Å²) in [5, 5.41) is 5.41. The number of hydrogen-bond donors (Lipinski definition) is 2. The molecule has 1 heterocycles. The van der Waals surface area contributed by atoms with E-state index in [1.165, 1.54) is 0 Å². The largest absolute Gasteiger partial charge is 0.496 e. The number of rotatable bonds is 6. The number of nitrogens with zero attached hydrogens (tertiary/aromatic N) is 1. The van der Waals surface area contributed by atoms with Gasteiger partial charge in [-0.25, -0.2) is 0 Å². The van der Waals surface area contributed by atoms with Crippen molar-refractivity contribution < 1.29 is 14.3 Å². The molecule has 1 saturated heterocycles. The van der Waals surface area contributed by atoms with E-state index in [9.17, 15) is 9.59 Å². The van der Waals surface area contributed by atoms with Crippen LogP contribution in [0.5, 0.6) is 5.75 Å². The van der Waals surface area contributed by atoms with Gasteiger partial charge in [-0.05, 0) is 18.9 Å². The van der Waals surface area contributed by atoms with Gasteiger partial charge in [0.15, 0.2) is 0 Å². The maximum atomic E-state index is 12.6. The van der Waals surface area contributed by atoms with Gasteiger partial charge in [0.2, 0.25) is 11.8 Å². The minimum Gasteiger partial charge on any atom is -0.496 e. The number of carbonyl (C=O) groups excluding carboxylic acids is 2. The summed E-state index contributed by atoms with van der Waals surface area (Å²) in [6.07, 6.45) is 6.75. The fourth-order valence-corrected chi connectivity index (χ4v) is 3.14. The summed E-state index contributed by atoms with van der Waals surface area (Å²) >= 11 is 0. The van der Waals surface area contributed by atoms with Gasteiger partial charge < -0.3 is 15.4 Å². The molecule has 7 heteroatoms. The highest BCUT2D eigenvalue weighted by molar-refractivity contribution is 5.87. The second kappa shape index (κ2) is 9.92. The van der Waals surface area contributed by atoms with Crippen LogP contribution in [0.3, 0.4) is 0 Å². The second-order valence-electron chi connectivity index (χ2n) is 5.58. The molecule has 6 nitrogen and oxygen atoms in total. The van der Waals surface area contributed by atoms with Gasteiger partial charge in [-0.15, -0.1) is 18.8 Å². The average Bonchev–Trinajstić information content (AvgIpc) is 3.09. The Kier molecular flexibility index (Phi) is 8.26. The Bertz CT molecular complexity index is 645. The van der Waals surface area contributed by atoms with Crippen molar-refractivity contribution in [2.45, 2.75) is 24.9 Å². The zero-order chi connectivity index (χ0) is 17.5. The Hall–Kier alpha value is -2.23. The van der Waals surface area contributed by atoms with Gasteiger partial charge in [0, 0.05) is 19.2 Å². The summed E-state index contributed by atoms with van der Waals surface area (Å²) < 4.78 is 5.41. The zero-order valence-electron chi connectivity index (χ0n) is 14.5. The first-order chi connectivity index (χ1) is 11.6. The Morgan fingerprint density at radius 1 is 1.44 bits per heavy atom. The van der Waals surface area contributed by atoms with Crippen molar-refractivity contribution in [2.75, 3.05) is 27.2 Å². The quantitative estimate of drug-likeness (QED) is 0.741. The van der Waals surface area contributed by atoms with E-state index >= 15 is 0 Å². The zero-order valence-corrected chi connectivity index (χ0v) is 15.3. The number of carbonyl (C=O) groups is 2. The number of ether oxygens (including phenoxy) is 1. The first-order valence-electron chi connectivity index (χ1n) is 7.95. The second-order valence-corrected chi connectivity index (χ2v) is 5.58. The Morgan fingerprint density at radius 2 is 2.16 bits per heavy atom. The van der Waals surface area contributed by atoms with Crippen molar-refractivity contribution in [2.24, 2.45) is 0 Å². The minimum atomic E-state index is -0.588. The molecule has 2 rings (SSSR count). The van der Waals surface area contributed by atoms with E-state index < -0.39 is 6.04 Å². The molecule has 0 unspecified atom stereocenters. The number of likely N-dealkylation sites (N-methyl/N-ethyl adjacent to an activating group) is 1. The van der Waals surface area contributed by atoms with Crippen LogP contribution in [0.2, 0.25) is 0 Å². The number of benzene rings is 1. The van der Waals surface area contributed by atoms with E-state index in [0.717, 1.165) is 12.0 Å². The molecular formula is C18H24ClN3O3. The van der Waals surface area contributed by atoms with Crippen molar-refractivity contribution in [1.82, 2.24) is 15.5 Å². The lowest BCUT2D eigenvalue weighted by Gasteiger charge is -2.32. The first kappa shape index (κ1) is 20.8. The SMILES string of the molecule is C#CCNC(=O)[C@@H]1CCCN1[C@@H](C(=O)NC)c1ccccc1OC.Cl. The molecule has 0 bridgehead atoms. The van der Waals surface area contributed by atoms with Gasteiger partial charge in [0.25, 0.3) is 0 Å². The van der Waals surface area contributed by atoms with Crippen molar-refractivity contribution in [3.8, 4) is 18.1 Å². The van der Waals surface area contributed by atoms with Crippen LogP contribution >= 0.6 is 12.4 Å². The minimum absolute atomic E-state index is 0. The van der Waals surface area contributed by atoms with Crippen LogP contribution in [0.15, 0.2) is 24.3 Å². The fraction of sp³-hybridized carbons (Fsp3) is 0.444. The molecule has 1 aliphatic heterocycles. The summed E-state index contributed by atoms with van der Waals surface area (Å²) in [5.41, 5.74) is 0.746. The van der Waals surface area contributed by atoms with Gasteiger partial charge in [-0.2, -0.15) is 0 Å². The molecule has 1 aromatic rings. The molecule has 0 radical (unpaired) electrons. The van der Waals surface area contributed by atoms with Crippen molar-refractivity contribution in [3.63, 3.8) is 0 Å². The normalized spacial score (nSPS) is 17.7. The van der Waals surface area contributed by atoms with Crippen LogP contribution in [-0.4, -0.2) is 50.0 Å². The molecule has 1 fully saturated rings. The van der Waals surface area contributed by atoms with Crippen LogP contribution in [-0.2, 0) is 9.59 Å². The Morgan fingerprint density at radius 3 is 2.80 bits per heavy atom. The molecule has 0 saturated carbocycles. The predicted octanol–water partition coefficient (Wildman–Crippen LogP) is 1.12. The standard InChI is InChI=1S/C18H23N3O3.ClH/c1-4-11-20-17(22)14-9-7-12-21(14)16(18(23)19-2)13-8-5-6-10-15(13)24-3;/h1,5-6,8,10,14,16H,7,9,11-12H2,2-3H3,(H,19,23)(H,20,22);1H/t14-,16+;/m0./s1. The summed E-state index contributed by atoms with van der Waals surface area (Å²) in [7, 11) is 3.16.